The van der Waals surface area contributed by atoms with E-state index in [0.717, 1.165) is 19.3 Å². The fourth-order valence-electron chi connectivity index (χ4n) is 2.08. The van der Waals surface area contributed by atoms with Crippen molar-refractivity contribution in [2.45, 2.75) is 30.3 Å². The van der Waals surface area contributed by atoms with Gasteiger partial charge in [0.15, 0.2) is 9.84 Å². The number of sulfone groups is 1. The summed E-state index contributed by atoms with van der Waals surface area (Å²) in [5.41, 5.74) is 0.0767. The zero-order valence-corrected chi connectivity index (χ0v) is 11.2. The van der Waals surface area contributed by atoms with Gasteiger partial charge in [0.05, 0.1) is 22.3 Å². The first-order valence-corrected chi connectivity index (χ1v) is 7.82. The third-order valence-corrected chi connectivity index (χ3v) is 4.94. The zero-order chi connectivity index (χ0) is 13.9. The Morgan fingerprint density at radius 2 is 1.95 bits per heavy atom. The molecular formula is C13H16O5S. The number of carboxylic acid groups (broad SMARTS) is 1. The van der Waals surface area contributed by atoms with Crippen molar-refractivity contribution < 1.29 is 23.1 Å². The van der Waals surface area contributed by atoms with Gasteiger partial charge in [-0.15, -0.1) is 0 Å². The zero-order valence-electron chi connectivity index (χ0n) is 10.4. The van der Waals surface area contributed by atoms with Crippen LogP contribution < -0.4 is 0 Å². The molecule has 1 unspecified atom stereocenters. The molecule has 2 rings (SSSR count). The highest BCUT2D eigenvalue weighted by Crippen LogP contribution is 2.19. The van der Waals surface area contributed by atoms with E-state index in [1.54, 1.807) is 0 Å². The van der Waals surface area contributed by atoms with E-state index >= 15 is 0 Å². The average Bonchev–Trinajstić information content (AvgIpc) is 2.39. The molecule has 1 fully saturated rings. The fourth-order valence-corrected chi connectivity index (χ4v) is 3.58. The van der Waals surface area contributed by atoms with E-state index < -0.39 is 15.8 Å². The molecule has 1 saturated heterocycles. The number of hydrogen-bond acceptors (Lipinski definition) is 4. The maximum absolute atomic E-state index is 12.2. The van der Waals surface area contributed by atoms with Gasteiger partial charge in [-0.2, -0.15) is 0 Å². The summed E-state index contributed by atoms with van der Waals surface area (Å²) in [5.74, 6) is -1.11. The second-order valence-electron chi connectivity index (χ2n) is 4.60. The van der Waals surface area contributed by atoms with Crippen LogP contribution in [0, 0.1) is 0 Å². The van der Waals surface area contributed by atoms with E-state index in [1.165, 1.54) is 24.3 Å². The molecule has 6 heteroatoms. The molecule has 0 aromatic heterocycles. The van der Waals surface area contributed by atoms with E-state index in [4.69, 9.17) is 9.84 Å². The SMILES string of the molecule is O=C(O)c1ccc(S(=O)(=O)CC2CCCCO2)cc1. The summed E-state index contributed by atoms with van der Waals surface area (Å²) in [7, 11) is -3.42. The van der Waals surface area contributed by atoms with Crippen molar-refractivity contribution in [3.63, 3.8) is 0 Å². The van der Waals surface area contributed by atoms with E-state index in [-0.39, 0.29) is 22.3 Å². The molecule has 1 aliphatic heterocycles. The number of carboxylic acids is 1. The molecule has 0 amide bonds. The van der Waals surface area contributed by atoms with Crippen LogP contribution in [0.25, 0.3) is 0 Å². The molecule has 0 spiro atoms. The fraction of sp³-hybridized carbons (Fsp3) is 0.462. The third-order valence-electron chi connectivity index (χ3n) is 3.14. The van der Waals surface area contributed by atoms with Crippen LogP contribution in [0.2, 0.25) is 0 Å². The van der Waals surface area contributed by atoms with Crippen molar-refractivity contribution in [2.24, 2.45) is 0 Å². The molecule has 1 N–H and O–H groups in total. The molecule has 1 aliphatic rings. The molecule has 0 aliphatic carbocycles. The third kappa shape index (κ3) is 3.54. The Hall–Kier alpha value is -1.40. The minimum Gasteiger partial charge on any atom is -0.478 e. The van der Waals surface area contributed by atoms with Crippen LogP contribution in [-0.4, -0.2) is 38.0 Å². The summed E-state index contributed by atoms with van der Waals surface area (Å²) in [5, 5.41) is 8.77. The number of carbonyl (C=O) groups is 1. The van der Waals surface area contributed by atoms with E-state index in [9.17, 15) is 13.2 Å². The summed E-state index contributed by atoms with van der Waals surface area (Å²) in [6, 6.07) is 5.27. The monoisotopic (exact) mass is 284 g/mol. The Morgan fingerprint density at radius 3 is 2.47 bits per heavy atom. The quantitative estimate of drug-likeness (QED) is 0.910. The molecule has 0 bridgehead atoms. The molecule has 104 valence electrons. The predicted octanol–water partition coefficient (Wildman–Crippen LogP) is 1.73. The Balaban J connectivity index is 2.12. The highest BCUT2D eigenvalue weighted by atomic mass is 32.2. The van der Waals surface area contributed by atoms with Crippen molar-refractivity contribution in [3.05, 3.63) is 29.8 Å². The summed E-state index contributed by atoms with van der Waals surface area (Å²) in [6.45, 7) is 0.609. The van der Waals surface area contributed by atoms with Crippen molar-refractivity contribution in [3.8, 4) is 0 Å². The summed E-state index contributed by atoms with van der Waals surface area (Å²) >= 11 is 0. The molecule has 1 atom stereocenters. The molecule has 0 radical (unpaired) electrons. The molecule has 5 nitrogen and oxygen atoms in total. The van der Waals surface area contributed by atoms with Gasteiger partial charge in [0.25, 0.3) is 0 Å². The molecule has 1 heterocycles. The Morgan fingerprint density at radius 1 is 1.26 bits per heavy atom. The van der Waals surface area contributed by atoms with Gasteiger partial charge in [0, 0.05) is 6.61 Å². The van der Waals surface area contributed by atoms with Crippen LogP contribution in [0.3, 0.4) is 0 Å². The van der Waals surface area contributed by atoms with Crippen LogP contribution in [0.15, 0.2) is 29.2 Å². The normalized spacial score (nSPS) is 20.1. The predicted molar refractivity (Wildman–Crippen MR) is 69.0 cm³/mol. The first-order chi connectivity index (χ1) is 8.99. The largest absolute Gasteiger partial charge is 0.478 e. The van der Waals surface area contributed by atoms with Crippen molar-refractivity contribution >= 4 is 15.8 Å². The molecule has 0 saturated carbocycles. The minimum absolute atomic E-state index is 0.0422. The summed E-state index contributed by atoms with van der Waals surface area (Å²) in [6.07, 6.45) is 2.46. The van der Waals surface area contributed by atoms with Gasteiger partial charge in [-0.1, -0.05) is 0 Å². The Kier molecular flexibility index (Phi) is 4.21. The van der Waals surface area contributed by atoms with Crippen LogP contribution in [-0.2, 0) is 14.6 Å². The minimum atomic E-state index is -3.42. The topological polar surface area (TPSA) is 80.7 Å². The first kappa shape index (κ1) is 14.0. The number of benzene rings is 1. The lowest BCUT2D eigenvalue weighted by Gasteiger charge is -2.22. The van der Waals surface area contributed by atoms with Crippen LogP contribution >= 0.6 is 0 Å². The number of aromatic carboxylic acids is 1. The molecule has 1 aromatic rings. The van der Waals surface area contributed by atoms with Gasteiger partial charge in [0.1, 0.15) is 0 Å². The van der Waals surface area contributed by atoms with Crippen molar-refractivity contribution in [2.75, 3.05) is 12.4 Å². The first-order valence-electron chi connectivity index (χ1n) is 6.17. The van der Waals surface area contributed by atoms with Gasteiger partial charge >= 0.3 is 5.97 Å². The van der Waals surface area contributed by atoms with Crippen molar-refractivity contribution in [1.82, 2.24) is 0 Å². The number of hydrogen-bond donors (Lipinski definition) is 1. The molecule has 19 heavy (non-hydrogen) atoms. The average molecular weight is 284 g/mol. The van der Waals surface area contributed by atoms with Gasteiger partial charge in [-0.05, 0) is 43.5 Å². The smallest absolute Gasteiger partial charge is 0.335 e. The van der Waals surface area contributed by atoms with Gasteiger partial charge < -0.3 is 9.84 Å². The lowest BCUT2D eigenvalue weighted by atomic mass is 10.1. The van der Waals surface area contributed by atoms with Crippen molar-refractivity contribution in [1.29, 1.82) is 0 Å². The lowest BCUT2D eigenvalue weighted by molar-refractivity contribution is 0.0305. The van der Waals surface area contributed by atoms with E-state index in [2.05, 4.69) is 0 Å². The van der Waals surface area contributed by atoms with Crippen LogP contribution in [0.4, 0.5) is 0 Å². The maximum Gasteiger partial charge on any atom is 0.335 e. The van der Waals surface area contributed by atoms with E-state index in [0.29, 0.717) is 6.61 Å². The highest BCUT2D eigenvalue weighted by Gasteiger charge is 2.23. The van der Waals surface area contributed by atoms with Crippen LogP contribution in [0.1, 0.15) is 29.6 Å². The van der Waals surface area contributed by atoms with Gasteiger partial charge in [0.2, 0.25) is 0 Å². The van der Waals surface area contributed by atoms with Gasteiger partial charge in [-0.3, -0.25) is 0 Å². The summed E-state index contributed by atoms with van der Waals surface area (Å²) in [4.78, 5) is 10.9. The molecular weight excluding hydrogens is 268 g/mol. The van der Waals surface area contributed by atoms with E-state index in [1.807, 2.05) is 0 Å². The lowest BCUT2D eigenvalue weighted by Crippen LogP contribution is -2.27. The Bertz CT molecular complexity index is 541. The number of ether oxygens (including phenoxy) is 1. The summed E-state index contributed by atoms with van der Waals surface area (Å²) < 4.78 is 29.7. The molecule has 1 aromatic carbocycles. The maximum atomic E-state index is 12.2. The Labute approximate surface area is 112 Å². The second-order valence-corrected chi connectivity index (χ2v) is 6.63. The van der Waals surface area contributed by atoms with Gasteiger partial charge in [-0.25, -0.2) is 13.2 Å². The number of rotatable bonds is 4. The standard InChI is InChI=1S/C13H16O5S/c14-13(15)10-4-6-12(7-5-10)19(16,17)9-11-3-1-2-8-18-11/h4-7,11H,1-3,8-9H2,(H,14,15). The highest BCUT2D eigenvalue weighted by molar-refractivity contribution is 7.91. The van der Waals surface area contributed by atoms with Crippen LogP contribution in [0.5, 0.6) is 0 Å². The second kappa shape index (κ2) is 5.71.